The van der Waals surface area contributed by atoms with E-state index in [2.05, 4.69) is 4.74 Å². The van der Waals surface area contributed by atoms with Crippen molar-refractivity contribution in [2.24, 2.45) is 0 Å². The van der Waals surface area contributed by atoms with E-state index < -0.39 is 0 Å². The van der Waals surface area contributed by atoms with Gasteiger partial charge in [0, 0.05) is 12.7 Å². The number of anilines is 1. The van der Waals surface area contributed by atoms with Crippen LogP contribution in [0, 0.1) is 6.92 Å². The molecule has 0 fully saturated rings. The Kier molecular flexibility index (Phi) is 4.63. The summed E-state index contributed by atoms with van der Waals surface area (Å²) in [5, 5.41) is 0.518. The van der Waals surface area contributed by atoms with Gasteiger partial charge < -0.3 is 14.4 Å². The minimum atomic E-state index is -0.293. The zero-order valence-corrected chi connectivity index (χ0v) is 11.2. The van der Waals surface area contributed by atoms with Crippen molar-refractivity contribution in [2.45, 2.75) is 6.92 Å². The first kappa shape index (κ1) is 13.6. The highest BCUT2D eigenvalue weighted by molar-refractivity contribution is 6.32. The van der Waals surface area contributed by atoms with Crippen LogP contribution in [0.15, 0.2) is 12.1 Å². The van der Waals surface area contributed by atoms with Gasteiger partial charge in [-0.3, -0.25) is 4.79 Å². The SMILES string of the molecule is COC(=O)CN(C)c1cc(Cl)c(OC)cc1C. The highest BCUT2D eigenvalue weighted by Crippen LogP contribution is 2.32. The Labute approximate surface area is 106 Å². The number of hydrogen-bond acceptors (Lipinski definition) is 4. The normalized spacial score (nSPS) is 9.94. The lowest BCUT2D eigenvalue weighted by atomic mass is 10.1. The molecule has 0 radical (unpaired) electrons. The van der Waals surface area contributed by atoms with Crippen molar-refractivity contribution in [1.82, 2.24) is 0 Å². The number of benzene rings is 1. The lowest BCUT2D eigenvalue weighted by molar-refractivity contribution is -0.138. The maximum Gasteiger partial charge on any atom is 0.325 e. The van der Waals surface area contributed by atoms with E-state index in [4.69, 9.17) is 16.3 Å². The van der Waals surface area contributed by atoms with E-state index >= 15 is 0 Å². The summed E-state index contributed by atoms with van der Waals surface area (Å²) < 4.78 is 9.74. The van der Waals surface area contributed by atoms with Gasteiger partial charge in [0.2, 0.25) is 0 Å². The molecule has 0 atom stereocenters. The number of halogens is 1. The molecule has 94 valence electrons. The second-order valence-electron chi connectivity index (χ2n) is 3.71. The summed E-state index contributed by atoms with van der Waals surface area (Å²) in [4.78, 5) is 13.0. The lowest BCUT2D eigenvalue weighted by Gasteiger charge is -2.21. The number of rotatable bonds is 4. The molecular weight excluding hydrogens is 242 g/mol. The molecule has 0 aliphatic rings. The number of ether oxygens (including phenoxy) is 2. The van der Waals surface area contributed by atoms with Crippen molar-refractivity contribution in [1.29, 1.82) is 0 Å². The number of aryl methyl sites for hydroxylation is 1. The van der Waals surface area contributed by atoms with Crippen LogP contribution in [0.4, 0.5) is 5.69 Å². The minimum absolute atomic E-state index is 0.181. The first-order chi connectivity index (χ1) is 7.99. The molecule has 1 rings (SSSR count). The maximum atomic E-state index is 11.2. The van der Waals surface area contributed by atoms with Crippen molar-refractivity contribution in [3.05, 3.63) is 22.7 Å². The van der Waals surface area contributed by atoms with Crippen LogP contribution in [0.1, 0.15) is 5.56 Å². The summed E-state index contributed by atoms with van der Waals surface area (Å²) in [6.07, 6.45) is 0. The third-order valence-electron chi connectivity index (χ3n) is 2.48. The van der Waals surface area contributed by atoms with Gasteiger partial charge in [-0.05, 0) is 24.6 Å². The molecule has 1 aromatic carbocycles. The van der Waals surface area contributed by atoms with Crippen LogP contribution < -0.4 is 9.64 Å². The van der Waals surface area contributed by atoms with Gasteiger partial charge >= 0.3 is 5.97 Å². The van der Waals surface area contributed by atoms with E-state index in [1.807, 2.05) is 20.0 Å². The zero-order chi connectivity index (χ0) is 13.0. The summed E-state index contributed by atoms with van der Waals surface area (Å²) in [6.45, 7) is 2.11. The molecule has 17 heavy (non-hydrogen) atoms. The van der Waals surface area contributed by atoms with Gasteiger partial charge in [-0.1, -0.05) is 11.6 Å². The monoisotopic (exact) mass is 257 g/mol. The van der Waals surface area contributed by atoms with Gasteiger partial charge in [-0.15, -0.1) is 0 Å². The fourth-order valence-electron chi connectivity index (χ4n) is 1.56. The smallest absolute Gasteiger partial charge is 0.325 e. The summed E-state index contributed by atoms with van der Waals surface area (Å²) in [5.41, 5.74) is 1.86. The van der Waals surface area contributed by atoms with Crippen LogP contribution in [-0.4, -0.2) is 33.8 Å². The molecule has 0 aliphatic heterocycles. The maximum absolute atomic E-state index is 11.2. The van der Waals surface area contributed by atoms with Crippen LogP contribution in [0.3, 0.4) is 0 Å². The molecule has 0 saturated carbocycles. The molecule has 0 aliphatic carbocycles. The molecule has 0 N–H and O–H groups in total. The van der Waals surface area contributed by atoms with E-state index in [1.165, 1.54) is 7.11 Å². The Bertz CT molecular complexity index is 420. The third-order valence-corrected chi connectivity index (χ3v) is 2.77. The number of nitrogens with zero attached hydrogens (tertiary/aromatic N) is 1. The van der Waals surface area contributed by atoms with Crippen molar-refractivity contribution in [3.63, 3.8) is 0 Å². The Balaban J connectivity index is 2.98. The molecule has 5 heteroatoms. The predicted octanol–water partition coefficient (Wildman–Crippen LogP) is 2.27. The quantitative estimate of drug-likeness (QED) is 0.776. The molecular formula is C12H16ClNO3. The largest absolute Gasteiger partial charge is 0.495 e. The van der Waals surface area contributed by atoms with E-state index in [9.17, 15) is 4.79 Å². The van der Waals surface area contributed by atoms with Crippen molar-refractivity contribution >= 4 is 23.3 Å². The van der Waals surface area contributed by atoms with Gasteiger partial charge in [0.15, 0.2) is 0 Å². The molecule has 0 bridgehead atoms. The highest BCUT2D eigenvalue weighted by atomic mass is 35.5. The summed E-state index contributed by atoms with van der Waals surface area (Å²) >= 11 is 6.05. The highest BCUT2D eigenvalue weighted by Gasteiger charge is 2.12. The Morgan fingerprint density at radius 2 is 2.06 bits per heavy atom. The number of methoxy groups -OCH3 is 2. The number of hydrogen-bond donors (Lipinski definition) is 0. The molecule has 1 aromatic rings. The fourth-order valence-corrected chi connectivity index (χ4v) is 1.79. The molecule has 0 amide bonds. The second-order valence-corrected chi connectivity index (χ2v) is 4.11. The number of carbonyl (C=O) groups is 1. The molecule has 0 spiro atoms. The molecule has 0 saturated heterocycles. The first-order valence-corrected chi connectivity index (χ1v) is 5.49. The molecule has 0 heterocycles. The standard InChI is InChI=1S/C12H16ClNO3/c1-8-5-11(16-3)9(13)6-10(8)14(2)7-12(15)17-4/h5-6H,7H2,1-4H3. The topological polar surface area (TPSA) is 38.8 Å². The van der Waals surface area contributed by atoms with E-state index in [0.29, 0.717) is 10.8 Å². The first-order valence-electron chi connectivity index (χ1n) is 5.11. The average Bonchev–Trinajstić information content (AvgIpc) is 2.31. The van der Waals surface area contributed by atoms with Gasteiger partial charge in [0.05, 0.1) is 19.2 Å². The number of esters is 1. The van der Waals surface area contributed by atoms with Gasteiger partial charge in [0.25, 0.3) is 0 Å². The van der Waals surface area contributed by atoms with Crippen molar-refractivity contribution in [2.75, 3.05) is 32.7 Å². The van der Waals surface area contributed by atoms with E-state index in [0.717, 1.165) is 11.3 Å². The van der Waals surface area contributed by atoms with Crippen LogP contribution in [0.25, 0.3) is 0 Å². The van der Waals surface area contributed by atoms with Gasteiger partial charge in [-0.25, -0.2) is 0 Å². The van der Waals surface area contributed by atoms with Crippen LogP contribution in [0.5, 0.6) is 5.75 Å². The van der Waals surface area contributed by atoms with Crippen molar-refractivity contribution < 1.29 is 14.3 Å². The summed E-state index contributed by atoms with van der Waals surface area (Å²) in [5.74, 6) is 0.332. The molecule has 0 aromatic heterocycles. The van der Waals surface area contributed by atoms with Crippen molar-refractivity contribution in [3.8, 4) is 5.75 Å². The lowest BCUT2D eigenvalue weighted by Crippen LogP contribution is -2.26. The summed E-state index contributed by atoms with van der Waals surface area (Å²) in [6, 6.07) is 3.62. The fraction of sp³-hybridized carbons (Fsp3) is 0.417. The van der Waals surface area contributed by atoms with Crippen LogP contribution in [0.2, 0.25) is 5.02 Å². The van der Waals surface area contributed by atoms with Crippen LogP contribution >= 0.6 is 11.6 Å². The number of carbonyl (C=O) groups excluding carboxylic acids is 1. The van der Waals surface area contributed by atoms with E-state index in [-0.39, 0.29) is 12.5 Å². The van der Waals surface area contributed by atoms with Gasteiger partial charge in [-0.2, -0.15) is 0 Å². The van der Waals surface area contributed by atoms with Crippen LogP contribution in [-0.2, 0) is 9.53 Å². The Morgan fingerprint density at radius 3 is 2.59 bits per heavy atom. The molecule has 4 nitrogen and oxygen atoms in total. The summed E-state index contributed by atoms with van der Waals surface area (Å²) in [7, 11) is 4.74. The molecule has 0 unspecified atom stereocenters. The predicted molar refractivity (Wildman–Crippen MR) is 68.0 cm³/mol. The van der Waals surface area contributed by atoms with E-state index in [1.54, 1.807) is 18.1 Å². The average molecular weight is 258 g/mol. The second kappa shape index (κ2) is 5.77. The zero-order valence-electron chi connectivity index (χ0n) is 10.4. The van der Waals surface area contributed by atoms with Gasteiger partial charge in [0.1, 0.15) is 12.3 Å². The Morgan fingerprint density at radius 1 is 1.41 bits per heavy atom. The third kappa shape index (κ3) is 3.27. The Hall–Kier alpha value is -1.42. The number of likely N-dealkylation sites (N-methyl/N-ethyl adjacent to an activating group) is 1. The minimum Gasteiger partial charge on any atom is -0.495 e.